The molecule has 1 aromatic carbocycles. The Morgan fingerprint density at radius 2 is 1.71 bits per heavy atom. The van der Waals surface area contributed by atoms with Crippen molar-refractivity contribution in [3.63, 3.8) is 0 Å². The number of nitrogens with zero attached hydrogens (tertiary/aromatic N) is 3. The number of hydrogen-bond donors (Lipinski definition) is 0. The van der Waals surface area contributed by atoms with E-state index in [0.29, 0.717) is 0 Å². The molecule has 34 heavy (non-hydrogen) atoms. The maximum atomic E-state index is 10.5. The van der Waals surface area contributed by atoms with Gasteiger partial charge >= 0.3 is 37.7 Å². The van der Waals surface area contributed by atoms with Crippen molar-refractivity contribution in [3.8, 4) is 0 Å². The molecular formula is C26H45Li2N3O3. The summed E-state index contributed by atoms with van der Waals surface area (Å²) in [5, 5.41) is 15.5. The van der Waals surface area contributed by atoms with E-state index in [-0.39, 0.29) is 55.3 Å². The minimum absolute atomic E-state index is 0. The van der Waals surface area contributed by atoms with Crippen molar-refractivity contribution >= 4 is 0 Å². The Balaban J connectivity index is 0. The summed E-state index contributed by atoms with van der Waals surface area (Å²) in [4.78, 5) is 4.71. The molecule has 1 heterocycles. The molecule has 0 spiro atoms. The fourth-order valence-corrected chi connectivity index (χ4v) is 3.31. The fourth-order valence-electron chi connectivity index (χ4n) is 3.31. The third-order valence-corrected chi connectivity index (χ3v) is 4.97. The maximum absolute atomic E-state index is 10.5. The summed E-state index contributed by atoms with van der Waals surface area (Å²) in [5.74, 6) is -0.262. The summed E-state index contributed by atoms with van der Waals surface area (Å²) in [6.07, 6.45) is 5.44. The first-order valence-corrected chi connectivity index (χ1v) is 11.9. The first-order chi connectivity index (χ1) is 15.2. The van der Waals surface area contributed by atoms with Gasteiger partial charge in [0, 0.05) is 24.7 Å². The van der Waals surface area contributed by atoms with Crippen molar-refractivity contribution in [3.05, 3.63) is 53.2 Å². The van der Waals surface area contributed by atoms with Gasteiger partial charge in [0.2, 0.25) is 0 Å². The molecule has 2 rings (SSSR count). The minimum Gasteiger partial charge on any atom is -0.653 e. The number of piperidine rings is 1. The fraction of sp³-hybridized carbons (Fsp3) is 0.692. The first-order valence-electron chi connectivity index (χ1n) is 11.9. The monoisotopic (exact) mass is 461 g/mol. The van der Waals surface area contributed by atoms with Gasteiger partial charge in [0.15, 0.2) is 0 Å². The van der Waals surface area contributed by atoms with Gasteiger partial charge in [-0.3, -0.25) is 0 Å². The van der Waals surface area contributed by atoms with Crippen LogP contribution in [0.2, 0.25) is 0 Å². The summed E-state index contributed by atoms with van der Waals surface area (Å²) in [6.45, 7) is 13.9. The third kappa shape index (κ3) is 18.9. The quantitative estimate of drug-likeness (QED) is 0.221. The second kappa shape index (κ2) is 20.8. The normalized spacial score (nSPS) is 15.4. The van der Waals surface area contributed by atoms with Crippen LogP contribution in [0, 0.1) is 0 Å². The molecule has 0 saturated carbocycles. The van der Waals surface area contributed by atoms with E-state index in [9.17, 15) is 5.11 Å². The molecule has 1 aromatic rings. The number of ether oxygens (including phenoxy) is 2. The zero-order valence-electron chi connectivity index (χ0n) is 23.2. The van der Waals surface area contributed by atoms with E-state index in [1.807, 2.05) is 20.8 Å². The Morgan fingerprint density at radius 1 is 1.09 bits per heavy atom. The number of likely N-dealkylation sites (tertiary alicyclic amines) is 1. The molecule has 8 heteroatoms. The average molecular weight is 462 g/mol. The van der Waals surface area contributed by atoms with Crippen LogP contribution in [0.25, 0.3) is 5.32 Å². The Labute approximate surface area is 233 Å². The molecule has 1 atom stereocenters. The van der Waals surface area contributed by atoms with E-state index in [4.69, 9.17) is 14.8 Å². The molecule has 0 aromatic heterocycles. The number of likely N-dealkylation sites (N-methyl/N-ethyl adjacent to an activating group) is 1. The van der Waals surface area contributed by atoms with E-state index >= 15 is 0 Å². The number of hydrogen-bond acceptors (Lipinski definition) is 5. The molecule has 1 aliphatic rings. The van der Waals surface area contributed by atoms with Crippen molar-refractivity contribution in [1.29, 1.82) is 0 Å². The van der Waals surface area contributed by atoms with Crippen LogP contribution in [0.15, 0.2) is 42.4 Å². The minimum atomic E-state index is -0.358. The van der Waals surface area contributed by atoms with Gasteiger partial charge in [0.1, 0.15) is 0 Å². The summed E-state index contributed by atoms with van der Waals surface area (Å²) in [6, 6.07) is 11.0. The van der Waals surface area contributed by atoms with Gasteiger partial charge in [-0.15, -0.1) is 6.54 Å². The van der Waals surface area contributed by atoms with Gasteiger partial charge in [-0.25, -0.2) is 0 Å². The van der Waals surface area contributed by atoms with Crippen LogP contribution in [-0.4, -0.2) is 75.4 Å². The van der Waals surface area contributed by atoms with Crippen molar-refractivity contribution in [2.24, 2.45) is 0 Å². The van der Waals surface area contributed by atoms with Crippen LogP contribution in [0.4, 0.5) is 0 Å². The summed E-state index contributed by atoms with van der Waals surface area (Å²) >= 11 is 0. The maximum Gasteiger partial charge on any atom is 1.00 e. The second-order valence-corrected chi connectivity index (χ2v) is 9.43. The van der Waals surface area contributed by atoms with Crippen LogP contribution < -0.4 is 42.8 Å². The van der Waals surface area contributed by atoms with E-state index in [1.54, 1.807) is 6.92 Å². The van der Waals surface area contributed by atoms with E-state index in [0.717, 1.165) is 32.8 Å². The zero-order chi connectivity index (χ0) is 23.8. The Kier molecular flexibility index (Phi) is 21.8. The summed E-state index contributed by atoms with van der Waals surface area (Å²) < 4.78 is 10.6. The van der Waals surface area contributed by atoms with Crippen molar-refractivity contribution in [2.45, 2.75) is 58.6 Å². The van der Waals surface area contributed by atoms with E-state index in [2.05, 4.69) is 54.2 Å². The van der Waals surface area contributed by atoms with Crippen LogP contribution in [0.1, 0.15) is 58.6 Å². The van der Waals surface area contributed by atoms with Gasteiger partial charge in [-0.05, 0) is 53.5 Å². The van der Waals surface area contributed by atoms with Gasteiger partial charge in [-0.2, -0.15) is 0 Å². The van der Waals surface area contributed by atoms with Crippen LogP contribution in [0.5, 0.6) is 0 Å². The Bertz CT molecular complexity index is 619. The molecule has 0 aliphatic carbocycles. The topological polar surface area (TPSA) is 62.1 Å². The molecule has 0 radical (unpaired) electrons. The number of benzene rings is 1. The Morgan fingerprint density at radius 3 is 2.21 bits per heavy atom. The molecule has 1 saturated heterocycles. The molecule has 0 N–H and O–H groups in total. The zero-order valence-corrected chi connectivity index (χ0v) is 23.2. The molecule has 1 fully saturated rings. The number of allylic oxidation sites excluding steroid dienone is 1. The van der Waals surface area contributed by atoms with Gasteiger partial charge in [0.25, 0.3) is 0 Å². The van der Waals surface area contributed by atoms with Gasteiger partial charge in [-0.1, -0.05) is 75.2 Å². The van der Waals surface area contributed by atoms with Crippen LogP contribution >= 0.6 is 0 Å². The number of rotatable bonds is 11. The van der Waals surface area contributed by atoms with Crippen molar-refractivity contribution in [1.82, 2.24) is 9.80 Å². The third-order valence-electron chi connectivity index (χ3n) is 4.97. The Hall–Kier alpha value is -0.405. The van der Waals surface area contributed by atoms with Crippen molar-refractivity contribution < 1.29 is 52.3 Å². The molecule has 184 valence electrons. The molecule has 0 unspecified atom stereocenters. The SMILES string of the molecule is C/C=C(/[O-])OC(C)(C)C.CN(C)CCOCC[N-][C@@H](CN1CCCCC1)c1ccccc1.[Li+].[Li+]. The van der Waals surface area contributed by atoms with Gasteiger partial charge < -0.3 is 29.7 Å². The van der Waals surface area contributed by atoms with Crippen molar-refractivity contribution in [2.75, 3.05) is 60.0 Å². The molecular weight excluding hydrogens is 416 g/mol. The van der Waals surface area contributed by atoms with Gasteiger partial charge in [0.05, 0.1) is 6.61 Å². The van der Waals surface area contributed by atoms with Crippen LogP contribution in [-0.2, 0) is 9.47 Å². The van der Waals surface area contributed by atoms with Crippen LogP contribution in [0.3, 0.4) is 0 Å². The molecule has 1 aliphatic heterocycles. The largest absolute Gasteiger partial charge is 1.00 e. The smallest absolute Gasteiger partial charge is 0.653 e. The first kappa shape index (κ1) is 35.8. The standard InChI is InChI=1S/C19H32N3O.C7H14O2.2Li/c1-21(2)14-16-23-15-11-20-19(18-9-5-3-6-10-18)17-22-12-7-4-8-13-22;1-5-6(8)9-7(2,3)4;;/h3,5-6,9-10,19H,4,7-8,11-17H2,1-2H3;5,8H,1-4H3;;/q-1;;2*+1/p-1/b;6-5-;;/t19-;;;/m0.../s1. The average Bonchev–Trinajstić information content (AvgIpc) is 2.75. The molecule has 0 bridgehead atoms. The summed E-state index contributed by atoms with van der Waals surface area (Å²) in [5.41, 5.74) is 0.968. The summed E-state index contributed by atoms with van der Waals surface area (Å²) in [7, 11) is 4.13. The second-order valence-electron chi connectivity index (χ2n) is 9.43. The molecule has 6 nitrogen and oxygen atoms in total. The van der Waals surface area contributed by atoms with E-state index < -0.39 is 0 Å². The predicted molar refractivity (Wildman–Crippen MR) is 132 cm³/mol. The van der Waals surface area contributed by atoms with E-state index in [1.165, 1.54) is 44.0 Å². The molecule has 0 amide bonds. The predicted octanol–water partition coefficient (Wildman–Crippen LogP) is -1.80.